The largest absolute Gasteiger partial charge is 0.489 e. The lowest BCUT2D eigenvalue weighted by molar-refractivity contribution is -0.140. The molecular weight excluding hydrogens is 598 g/mol. The molecule has 0 radical (unpaired) electrons. The highest BCUT2D eigenvalue weighted by Crippen LogP contribution is 2.24. The summed E-state index contributed by atoms with van der Waals surface area (Å²) in [6.07, 6.45) is 1.33. The number of amides is 2. The van der Waals surface area contributed by atoms with Crippen LogP contribution in [0.25, 0.3) is 0 Å². The fraction of sp³-hybridized carbons (Fsp3) is 0.297. The van der Waals surface area contributed by atoms with Gasteiger partial charge in [0.25, 0.3) is 0 Å². The molecule has 0 aromatic heterocycles. The van der Waals surface area contributed by atoms with E-state index >= 15 is 0 Å². The Labute approximate surface area is 273 Å². The van der Waals surface area contributed by atoms with Crippen molar-refractivity contribution in [3.8, 4) is 5.75 Å². The summed E-state index contributed by atoms with van der Waals surface area (Å²) in [6.45, 7) is 7.61. The molecule has 4 rings (SSSR count). The van der Waals surface area contributed by atoms with E-state index < -0.39 is 34.1 Å². The lowest BCUT2D eigenvalue weighted by Crippen LogP contribution is -2.56. The number of carbonyl (C=O) groups is 2. The highest BCUT2D eigenvalue weighted by molar-refractivity contribution is 7.92. The summed E-state index contributed by atoms with van der Waals surface area (Å²) in [5.74, 6) is -0.248. The zero-order valence-corrected chi connectivity index (χ0v) is 28.0. The minimum absolute atomic E-state index is 0.129. The second kappa shape index (κ2) is 15.1. The first-order valence-electron chi connectivity index (χ1n) is 15.2. The van der Waals surface area contributed by atoms with Crippen LogP contribution in [0, 0.1) is 6.92 Å². The van der Waals surface area contributed by atoms with Crippen LogP contribution >= 0.6 is 0 Å². The first-order chi connectivity index (χ1) is 21.8. The first kappa shape index (κ1) is 34.2. The summed E-state index contributed by atoms with van der Waals surface area (Å²) in [6, 6.07) is 32.6. The van der Waals surface area contributed by atoms with Crippen molar-refractivity contribution in [3.05, 3.63) is 131 Å². The Morgan fingerprint density at radius 3 is 1.93 bits per heavy atom. The van der Waals surface area contributed by atoms with E-state index in [4.69, 9.17) is 4.74 Å². The smallest absolute Gasteiger partial charge is 0.244 e. The molecule has 242 valence electrons. The summed E-state index contributed by atoms with van der Waals surface area (Å²) in [5, 5.41) is 3.04. The van der Waals surface area contributed by atoms with Gasteiger partial charge in [0, 0.05) is 18.5 Å². The lowest BCUT2D eigenvalue weighted by atomic mass is 10.00. The minimum Gasteiger partial charge on any atom is -0.489 e. The third-order valence-electron chi connectivity index (χ3n) is 7.42. The molecule has 46 heavy (non-hydrogen) atoms. The summed E-state index contributed by atoms with van der Waals surface area (Å²) in [7, 11) is -3.88. The van der Waals surface area contributed by atoms with Crippen molar-refractivity contribution in [2.45, 2.75) is 58.8 Å². The molecule has 0 aliphatic heterocycles. The average Bonchev–Trinajstić information content (AvgIpc) is 3.01. The fourth-order valence-corrected chi connectivity index (χ4v) is 5.89. The lowest BCUT2D eigenvalue weighted by Gasteiger charge is -2.35. The normalized spacial score (nSPS) is 12.2. The van der Waals surface area contributed by atoms with Crippen LogP contribution in [0.2, 0.25) is 0 Å². The van der Waals surface area contributed by atoms with Crippen LogP contribution in [0.15, 0.2) is 109 Å². The molecule has 9 heteroatoms. The average molecular weight is 642 g/mol. The van der Waals surface area contributed by atoms with Gasteiger partial charge in [-0.15, -0.1) is 0 Å². The standard InChI is InChI=1S/C37H43N3O5S/c1-28-14-12-13-19-31(28)25-39(34(36(42)38-37(2,3)4)24-29-15-8-6-9-16-29)35(41)26-40(46(5,43)44)32-20-22-33(23-21-32)45-27-30-17-10-7-11-18-30/h6-23,34H,24-27H2,1-5H3,(H,38,42). The number of ether oxygens (including phenoxy) is 1. The second-order valence-corrected chi connectivity index (χ2v) is 14.3. The molecule has 4 aromatic carbocycles. The molecule has 1 unspecified atom stereocenters. The van der Waals surface area contributed by atoms with E-state index in [1.165, 1.54) is 4.90 Å². The van der Waals surface area contributed by atoms with Gasteiger partial charge in [0.05, 0.1) is 11.9 Å². The number of aryl methyl sites for hydroxylation is 1. The molecule has 0 spiro atoms. The van der Waals surface area contributed by atoms with E-state index in [1.54, 1.807) is 24.3 Å². The molecule has 0 aliphatic rings. The zero-order chi connectivity index (χ0) is 33.3. The van der Waals surface area contributed by atoms with Gasteiger partial charge in [-0.25, -0.2) is 8.42 Å². The number of carbonyl (C=O) groups excluding carboxylic acids is 2. The predicted octanol–water partition coefficient (Wildman–Crippen LogP) is 5.89. The maximum atomic E-state index is 14.3. The van der Waals surface area contributed by atoms with Crippen molar-refractivity contribution >= 4 is 27.5 Å². The highest BCUT2D eigenvalue weighted by Gasteiger charge is 2.34. The van der Waals surface area contributed by atoms with Crippen LogP contribution in [0.5, 0.6) is 5.75 Å². The molecule has 0 fully saturated rings. The third-order valence-corrected chi connectivity index (χ3v) is 8.56. The third kappa shape index (κ3) is 9.94. The van der Waals surface area contributed by atoms with Gasteiger partial charge in [-0.3, -0.25) is 13.9 Å². The quantitative estimate of drug-likeness (QED) is 0.196. The molecule has 0 bridgehead atoms. The summed E-state index contributed by atoms with van der Waals surface area (Å²) in [4.78, 5) is 29.7. The summed E-state index contributed by atoms with van der Waals surface area (Å²) < 4.78 is 33.2. The van der Waals surface area contributed by atoms with E-state index in [1.807, 2.05) is 113 Å². The zero-order valence-electron chi connectivity index (χ0n) is 27.1. The van der Waals surface area contributed by atoms with Crippen molar-refractivity contribution in [2.24, 2.45) is 0 Å². The number of nitrogens with zero attached hydrogens (tertiary/aromatic N) is 2. The van der Waals surface area contributed by atoms with Crippen molar-refractivity contribution < 1.29 is 22.7 Å². The Morgan fingerprint density at radius 2 is 1.37 bits per heavy atom. The van der Waals surface area contributed by atoms with Gasteiger partial charge in [0.1, 0.15) is 24.9 Å². The van der Waals surface area contributed by atoms with Gasteiger partial charge in [-0.05, 0) is 74.2 Å². The number of hydrogen-bond acceptors (Lipinski definition) is 5. The van der Waals surface area contributed by atoms with E-state index in [0.717, 1.165) is 32.8 Å². The van der Waals surface area contributed by atoms with Gasteiger partial charge >= 0.3 is 0 Å². The Hall–Kier alpha value is -4.63. The second-order valence-electron chi connectivity index (χ2n) is 12.4. The van der Waals surface area contributed by atoms with Gasteiger partial charge in [0.15, 0.2) is 0 Å². The van der Waals surface area contributed by atoms with Crippen LogP contribution in [0.3, 0.4) is 0 Å². The van der Waals surface area contributed by atoms with Gasteiger partial charge in [0.2, 0.25) is 21.8 Å². The Bertz CT molecular complexity index is 1700. The van der Waals surface area contributed by atoms with Crippen LogP contribution in [-0.4, -0.2) is 49.5 Å². The summed E-state index contributed by atoms with van der Waals surface area (Å²) in [5.41, 5.74) is 3.48. The number of benzene rings is 4. The monoisotopic (exact) mass is 641 g/mol. The molecule has 0 saturated heterocycles. The van der Waals surface area contributed by atoms with E-state index in [9.17, 15) is 18.0 Å². The highest BCUT2D eigenvalue weighted by atomic mass is 32.2. The molecule has 0 heterocycles. The minimum atomic E-state index is -3.88. The van der Waals surface area contributed by atoms with Crippen LogP contribution in [0.1, 0.15) is 43.0 Å². The molecular formula is C37H43N3O5S. The molecule has 1 atom stereocenters. The van der Waals surface area contributed by atoms with Crippen LogP contribution < -0.4 is 14.4 Å². The van der Waals surface area contributed by atoms with E-state index in [2.05, 4.69) is 5.32 Å². The van der Waals surface area contributed by atoms with Crippen molar-refractivity contribution in [3.63, 3.8) is 0 Å². The molecule has 8 nitrogen and oxygen atoms in total. The molecule has 2 amide bonds. The van der Waals surface area contributed by atoms with Gasteiger partial charge in [-0.1, -0.05) is 84.9 Å². The molecule has 4 aromatic rings. The van der Waals surface area contributed by atoms with Crippen molar-refractivity contribution in [1.82, 2.24) is 10.2 Å². The number of anilines is 1. The van der Waals surface area contributed by atoms with E-state index in [0.29, 0.717) is 18.0 Å². The number of hydrogen-bond donors (Lipinski definition) is 1. The SMILES string of the molecule is Cc1ccccc1CN(C(=O)CN(c1ccc(OCc2ccccc2)cc1)S(C)(=O)=O)C(Cc1ccccc1)C(=O)NC(C)(C)C. The number of nitrogens with one attached hydrogen (secondary N) is 1. The molecule has 0 aliphatic carbocycles. The van der Waals surface area contributed by atoms with Crippen LogP contribution in [0.4, 0.5) is 5.69 Å². The van der Waals surface area contributed by atoms with E-state index in [-0.39, 0.29) is 18.9 Å². The predicted molar refractivity (Wildman–Crippen MR) is 183 cm³/mol. The molecule has 0 saturated carbocycles. The maximum Gasteiger partial charge on any atom is 0.244 e. The topological polar surface area (TPSA) is 96.0 Å². The Morgan fingerprint density at radius 1 is 0.804 bits per heavy atom. The first-order valence-corrected chi connectivity index (χ1v) is 17.1. The van der Waals surface area contributed by atoms with Crippen LogP contribution in [-0.2, 0) is 39.2 Å². The van der Waals surface area contributed by atoms with Crippen molar-refractivity contribution in [1.29, 1.82) is 0 Å². The summed E-state index contributed by atoms with van der Waals surface area (Å²) >= 11 is 0. The Kier molecular flexibility index (Phi) is 11.2. The maximum absolute atomic E-state index is 14.3. The fourth-order valence-electron chi connectivity index (χ4n) is 5.04. The van der Waals surface area contributed by atoms with Gasteiger partial charge < -0.3 is 15.0 Å². The van der Waals surface area contributed by atoms with Crippen molar-refractivity contribution in [2.75, 3.05) is 17.1 Å². The number of sulfonamides is 1. The number of rotatable bonds is 13. The Balaban J connectivity index is 1.66. The molecule has 1 N–H and O–H groups in total. The van der Waals surface area contributed by atoms with Gasteiger partial charge in [-0.2, -0.15) is 0 Å².